The van der Waals surface area contributed by atoms with Crippen LogP contribution in [-0.2, 0) is 33.0 Å². The Morgan fingerprint density at radius 2 is 0.900 bits per heavy atom. The molecule has 1 N–H and O–H groups in total. The summed E-state index contributed by atoms with van der Waals surface area (Å²) in [5.74, 6) is 7.34. The van der Waals surface area contributed by atoms with E-state index in [2.05, 4.69) is 54.4 Å². The SMILES string of the molecule is COP(OC)OC.C[C]1[C](C)[C](C)[C](C)[C]1C.F[P-](F)(F)(F)(F)F.[CH2-]SC(C)=[OH+].[Rh+2]. The van der Waals surface area contributed by atoms with Crippen LogP contribution in [0.3, 0.4) is 0 Å². The smallest absolute Gasteiger partial charge is 0.276 e. The van der Waals surface area contributed by atoms with Gasteiger partial charge in [0.15, 0.2) is 0 Å². The molecule has 0 aromatic rings. The minimum Gasteiger partial charge on any atom is -0.276 e. The van der Waals surface area contributed by atoms with E-state index >= 15 is 0 Å². The Labute approximate surface area is 194 Å². The van der Waals surface area contributed by atoms with Gasteiger partial charge in [-0.05, 0) is 29.6 Å². The monoisotopic (exact) mass is 597 g/mol. The van der Waals surface area contributed by atoms with Gasteiger partial charge in [0.2, 0.25) is 0 Å². The molecule has 0 spiro atoms. The zero-order chi connectivity index (χ0) is 24.3. The van der Waals surface area contributed by atoms with Crippen molar-refractivity contribution < 1.29 is 63.0 Å². The van der Waals surface area contributed by atoms with E-state index < -0.39 is 16.4 Å². The largest absolute Gasteiger partial charge is 2.00 e. The van der Waals surface area contributed by atoms with Gasteiger partial charge in [0.25, 0.3) is 0 Å². The molecule has 0 bridgehead atoms. The molecule has 1 saturated carbocycles. The topological polar surface area (TPSA) is 49.1 Å². The van der Waals surface area contributed by atoms with Crippen molar-refractivity contribution in [3.05, 3.63) is 35.8 Å². The second-order valence-corrected chi connectivity index (χ2v) is 9.86. The van der Waals surface area contributed by atoms with Crippen molar-refractivity contribution in [1.29, 1.82) is 0 Å². The van der Waals surface area contributed by atoms with Crippen LogP contribution in [0.2, 0.25) is 0 Å². The van der Waals surface area contributed by atoms with Crippen LogP contribution < -0.4 is 0 Å². The summed E-state index contributed by atoms with van der Waals surface area (Å²) < 4.78 is 73.2. The van der Waals surface area contributed by atoms with E-state index in [0.29, 0.717) is 5.12 Å². The number of halogens is 6. The third-order valence-corrected chi connectivity index (χ3v) is 4.78. The van der Waals surface area contributed by atoms with E-state index in [1.165, 1.54) is 29.6 Å². The van der Waals surface area contributed by atoms with Crippen LogP contribution in [0.15, 0.2) is 0 Å². The van der Waals surface area contributed by atoms with Gasteiger partial charge in [0.1, 0.15) is 0 Å². The molecule has 0 aliphatic heterocycles. The van der Waals surface area contributed by atoms with E-state index in [1.807, 2.05) is 0 Å². The second kappa shape index (κ2) is 15.0. The van der Waals surface area contributed by atoms with Crippen molar-refractivity contribution in [2.75, 3.05) is 21.3 Å². The molecule has 0 heterocycles. The first-order valence-corrected chi connectivity index (χ1v) is 11.9. The van der Waals surface area contributed by atoms with Gasteiger partial charge in [-0.2, -0.15) is 0 Å². The average molecular weight is 597 g/mol. The van der Waals surface area contributed by atoms with E-state index in [0.717, 1.165) is 11.8 Å². The first kappa shape index (κ1) is 38.2. The van der Waals surface area contributed by atoms with Gasteiger partial charge in [-0.3, -0.25) is 11.1 Å². The molecule has 0 aromatic carbocycles. The van der Waals surface area contributed by atoms with E-state index in [4.69, 9.17) is 4.79 Å². The van der Waals surface area contributed by atoms with Crippen LogP contribution in [0.4, 0.5) is 25.2 Å². The number of hydrogen-bond acceptors (Lipinski definition) is 4. The van der Waals surface area contributed by atoms with E-state index in [-0.39, 0.29) is 19.5 Å². The van der Waals surface area contributed by atoms with Crippen molar-refractivity contribution in [2.45, 2.75) is 41.5 Å². The Morgan fingerprint density at radius 1 is 0.767 bits per heavy atom. The summed E-state index contributed by atoms with van der Waals surface area (Å²) in [6.45, 7) is 12.6. The molecule has 0 atom stereocenters. The molecule has 14 heteroatoms. The maximum atomic E-state index is 9.87. The summed E-state index contributed by atoms with van der Waals surface area (Å²) in [5, 5.41) is 0.310. The predicted molar refractivity (Wildman–Crippen MR) is 112 cm³/mol. The zero-order valence-electron chi connectivity index (χ0n) is 18.3. The van der Waals surface area contributed by atoms with E-state index in [1.54, 1.807) is 28.3 Å². The molecule has 4 nitrogen and oxygen atoms in total. The molecule has 1 aliphatic carbocycles. The van der Waals surface area contributed by atoms with Gasteiger partial charge < -0.3 is 13.6 Å². The Kier molecular flexibility index (Phi) is 19.1. The van der Waals surface area contributed by atoms with Gasteiger partial charge in [0.05, 0.1) is 6.92 Å². The summed E-state index contributed by atoms with van der Waals surface area (Å²) >= 11 is 1.10. The first-order chi connectivity index (χ1) is 12.6. The second-order valence-electron chi connectivity index (χ2n) is 5.52. The third-order valence-electron chi connectivity index (χ3n) is 3.47. The number of carbonyl (C=O) groups excluding carboxylic acids is 1. The molecular formula is C16H30F6O4P2RhS+. The van der Waals surface area contributed by atoms with Crippen molar-refractivity contribution in [3.63, 3.8) is 0 Å². The fourth-order valence-corrected chi connectivity index (χ4v) is 2.08. The molecule has 6 radical (unpaired) electrons. The van der Waals surface area contributed by atoms with E-state index in [9.17, 15) is 25.2 Å². The number of rotatable bonds is 3. The fourth-order valence-electron chi connectivity index (χ4n) is 1.63. The van der Waals surface area contributed by atoms with Crippen LogP contribution in [-0.4, -0.2) is 31.2 Å². The zero-order valence-corrected chi connectivity index (χ0v) is 22.5. The molecule has 0 aromatic heterocycles. The Hall–Kier alpha value is 0.963. The number of thioether (sulfide) groups is 1. The molecule has 0 saturated heterocycles. The average Bonchev–Trinajstić information content (AvgIpc) is 2.73. The standard InChI is InChI=1S/C10H15.C3H9O3P.C3H5OS.F6P.Rh/c1-6-7(2)9(4)10(5)8(6)3;1-4-7(5-2)6-3;1-3(4)5-2;1-7(2,3,4,5)6;/h1-5H3;1-3H3;2H2,1H3;;/q;;2*-1;+2/p+1. The Balaban J connectivity index is -0.000000154. The minimum atomic E-state index is -10.7. The third kappa shape index (κ3) is 27.0. The van der Waals surface area contributed by atoms with Gasteiger partial charge >= 0.3 is 66.2 Å². The molecule has 30 heavy (non-hydrogen) atoms. The molecule has 1 aliphatic rings. The molecule has 184 valence electrons. The molecular weight excluding hydrogens is 567 g/mol. The van der Waals surface area contributed by atoms with Gasteiger partial charge in [-0.25, -0.2) is 11.8 Å². The van der Waals surface area contributed by atoms with Crippen molar-refractivity contribution in [1.82, 2.24) is 0 Å². The van der Waals surface area contributed by atoms with Crippen molar-refractivity contribution >= 4 is 33.3 Å². The fraction of sp³-hybridized carbons (Fsp3) is 0.562. The normalized spacial score (nSPS) is 18.6. The Morgan fingerprint density at radius 3 is 0.933 bits per heavy atom. The maximum Gasteiger partial charge on any atom is 2.00 e. The van der Waals surface area contributed by atoms with Gasteiger partial charge in [-0.15, -0.1) is 0 Å². The molecule has 1 fully saturated rings. The molecule has 0 amide bonds. The van der Waals surface area contributed by atoms with Crippen molar-refractivity contribution in [2.24, 2.45) is 0 Å². The summed E-state index contributed by atoms with van der Waals surface area (Å²) in [7, 11) is -7.09. The van der Waals surface area contributed by atoms with Gasteiger partial charge in [-0.1, -0.05) is 34.6 Å². The quantitative estimate of drug-likeness (QED) is 0.108. The van der Waals surface area contributed by atoms with Crippen LogP contribution in [0, 0.1) is 35.8 Å². The minimum absolute atomic E-state index is 0. The predicted octanol–water partition coefficient (Wildman–Crippen LogP) is 8.54. The number of hydrogen-bond donors (Lipinski definition) is 0. The summed E-state index contributed by atoms with van der Waals surface area (Å²) in [5.41, 5.74) is 0. The van der Waals surface area contributed by atoms with Crippen LogP contribution in [0.25, 0.3) is 0 Å². The first-order valence-electron chi connectivity index (χ1n) is 7.75. The van der Waals surface area contributed by atoms with Crippen LogP contribution in [0.1, 0.15) is 41.5 Å². The van der Waals surface area contributed by atoms with Crippen LogP contribution >= 0.6 is 28.2 Å². The Bertz CT molecular complexity index is 407. The molecule has 1 rings (SSSR count). The summed E-state index contributed by atoms with van der Waals surface area (Å²) in [4.78, 5) is 8.18. The summed E-state index contributed by atoms with van der Waals surface area (Å²) in [6, 6.07) is 0. The summed E-state index contributed by atoms with van der Waals surface area (Å²) in [6.07, 6.45) is 3.31. The van der Waals surface area contributed by atoms with Gasteiger partial charge in [0, 0.05) is 21.3 Å². The van der Waals surface area contributed by atoms with Crippen molar-refractivity contribution in [3.8, 4) is 0 Å². The molecule has 0 unspecified atom stereocenters. The maximum absolute atomic E-state index is 10.7. The van der Waals surface area contributed by atoms with Crippen LogP contribution in [0.5, 0.6) is 0 Å².